The molecule has 1 unspecified atom stereocenters. The molecule has 1 aromatic rings. The van der Waals surface area contributed by atoms with Crippen LogP contribution in [-0.2, 0) is 28.5 Å². The average Bonchev–Trinajstić information content (AvgIpc) is 2.92. The number of carbonyl (C=O) groups excluding carboxylic acids is 3. The molecular weight excluding hydrogens is 498 g/mol. The fourth-order valence-electron chi connectivity index (χ4n) is 3.38. The van der Waals surface area contributed by atoms with Crippen molar-refractivity contribution in [2.75, 3.05) is 78.8 Å². The molecule has 3 N–H and O–H groups in total. The van der Waals surface area contributed by atoms with E-state index in [0.29, 0.717) is 64.4 Å². The van der Waals surface area contributed by atoms with Gasteiger partial charge in [-0.25, -0.2) is 4.79 Å². The van der Waals surface area contributed by atoms with Crippen molar-refractivity contribution < 1.29 is 43.2 Å². The zero-order chi connectivity index (χ0) is 28.2. The number of likely N-dealkylation sites (N-methyl/N-ethyl adjacent to an activating group) is 2. The van der Waals surface area contributed by atoms with Crippen molar-refractivity contribution in [1.29, 1.82) is 0 Å². The number of aldehydes is 1. The third-order valence-corrected chi connectivity index (χ3v) is 5.34. The summed E-state index contributed by atoms with van der Waals surface area (Å²) in [6.07, 6.45) is 3.28. The Morgan fingerprint density at radius 2 is 1.63 bits per heavy atom. The number of benzene rings is 1. The number of hydrogen-bond donors (Lipinski definition) is 3. The number of nitrogens with zero attached hydrogens (tertiary/aromatic N) is 1. The first-order valence-corrected chi connectivity index (χ1v) is 12.3. The zero-order valence-electron chi connectivity index (χ0n) is 22.1. The van der Waals surface area contributed by atoms with Crippen LogP contribution in [0.4, 0.5) is 5.69 Å². The molecule has 212 valence electrons. The molecular formula is C26H39N3O9. The summed E-state index contributed by atoms with van der Waals surface area (Å²) in [4.78, 5) is 49.0. The van der Waals surface area contributed by atoms with E-state index in [0.717, 1.165) is 0 Å². The maximum Gasteiger partial charge on any atom is 0.329 e. The largest absolute Gasteiger partial charge is 0.480 e. The van der Waals surface area contributed by atoms with Crippen LogP contribution >= 0.6 is 0 Å². The highest BCUT2D eigenvalue weighted by molar-refractivity contribution is 6.05. The number of nitrogens with one attached hydrogen (secondary N) is 2. The van der Waals surface area contributed by atoms with E-state index in [1.165, 1.54) is 11.9 Å². The lowest BCUT2D eigenvalue weighted by Gasteiger charge is -2.27. The Morgan fingerprint density at radius 1 is 1.03 bits per heavy atom. The number of hydrogen-bond acceptors (Lipinski definition) is 9. The molecule has 12 heteroatoms. The van der Waals surface area contributed by atoms with E-state index in [4.69, 9.17) is 24.1 Å². The van der Waals surface area contributed by atoms with Crippen LogP contribution in [-0.4, -0.2) is 114 Å². The Hall–Kier alpha value is -3.32. The Morgan fingerprint density at radius 3 is 2.18 bits per heavy atom. The van der Waals surface area contributed by atoms with E-state index in [1.54, 1.807) is 31.3 Å². The number of aliphatic carboxylic acids is 1. The molecule has 0 saturated heterocycles. The first-order valence-electron chi connectivity index (χ1n) is 12.3. The fraction of sp³-hybridized carbons (Fsp3) is 0.538. The van der Waals surface area contributed by atoms with Gasteiger partial charge in [0.25, 0.3) is 5.91 Å². The van der Waals surface area contributed by atoms with Gasteiger partial charge < -0.3 is 39.6 Å². The van der Waals surface area contributed by atoms with Gasteiger partial charge in [0.15, 0.2) is 6.29 Å². The Labute approximate surface area is 223 Å². The van der Waals surface area contributed by atoms with Gasteiger partial charge in [0.1, 0.15) is 12.6 Å². The van der Waals surface area contributed by atoms with Crippen LogP contribution in [0.3, 0.4) is 0 Å². The standard InChI is InChI=1S/C26H39N3O9/c1-4-5-9-23(25(33)27-2)29(3)26(34)20-7-6-8-22(21(20)18-30)28-10-11-35-12-13-36-14-15-37-16-17-38-19-24(31)32/h4,6-8,18,23,28H,1,5,9-17,19H2,2-3H3,(H,27,33)(H,31,32). The number of carboxylic acid groups (broad SMARTS) is 1. The number of carbonyl (C=O) groups is 4. The number of anilines is 1. The van der Waals surface area contributed by atoms with E-state index in [-0.39, 0.29) is 36.9 Å². The van der Waals surface area contributed by atoms with Crippen LogP contribution < -0.4 is 10.6 Å². The molecule has 0 radical (unpaired) electrons. The van der Waals surface area contributed by atoms with E-state index >= 15 is 0 Å². The molecule has 0 aliphatic heterocycles. The average molecular weight is 538 g/mol. The lowest BCUT2D eigenvalue weighted by molar-refractivity contribution is -0.142. The van der Waals surface area contributed by atoms with Crippen molar-refractivity contribution in [3.05, 3.63) is 42.0 Å². The predicted molar refractivity (Wildman–Crippen MR) is 141 cm³/mol. The van der Waals surface area contributed by atoms with Crippen molar-refractivity contribution in [3.63, 3.8) is 0 Å². The minimum absolute atomic E-state index is 0.199. The number of ether oxygens (including phenoxy) is 4. The molecule has 1 atom stereocenters. The summed E-state index contributed by atoms with van der Waals surface area (Å²) in [5.74, 6) is -1.74. The van der Waals surface area contributed by atoms with Crippen LogP contribution in [0, 0.1) is 0 Å². The van der Waals surface area contributed by atoms with Gasteiger partial charge in [-0.2, -0.15) is 0 Å². The number of carboxylic acids is 1. The van der Waals surface area contributed by atoms with Gasteiger partial charge in [0.2, 0.25) is 5.91 Å². The summed E-state index contributed by atoms with van der Waals surface area (Å²) in [6.45, 7) is 6.00. The first-order chi connectivity index (χ1) is 18.4. The lowest BCUT2D eigenvalue weighted by atomic mass is 10.0. The summed E-state index contributed by atoms with van der Waals surface area (Å²) < 4.78 is 21.0. The number of allylic oxidation sites excluding steroid dienone is 1. The van der Waals surface area contributed by atoms with Gasteiger partial charge in [0, 0.05) is 26.3 Å². The van der Waals surface area contributed by atoms with Gasteiger partial charge in [0.05, 0.1) is 57.4 Å². The third-order valence-electron chi connectivity index (χ3n) is 5.34. The fourth-order valence-corrected chi connectivity index (χ4v) is 3.38. The second-order valence-electron chi connectivity index (χ2n) is 8.01. The van der Waals surface area contributed by atoms with Crippen LogP contribution in [0.5, 0.6) is 0 Å². The molecule has 1 rings (SSSR count). The maximum absolute atomic E-state index is 13.2. The van der Waals surface area contributed by atoms with Crippen molar-refractivity contribution in [1.82, 2.24) is 10.2 Å². The molecule has 0 spiro atoms. The molecule has 0 bridgehead atoms. The Balaban J connectivity index is 2.43. The molecule has 38 heavy (non-hydrogen) atoms. The van der Waals surface area contributed by atoms with Crippen LogP contribution in [0.15, 0.2) is 30.9 Å². The minimum Gasteiger partial charge on any atom is -0.480 e. The third kappa shape index (κ3) is 12.3. The van der Waals surface area contributed by atoms with Gasteiger partial charge in [-0.05, 0) is 25.0 Å². The van der Waals surface area contributed by atoms with E-state index < -0.39 is 17.9 Å². The first kappa shape index (κ1) is 32.7. The lowest BCUT2D eigenvalue weighted by Crippen LogP contribution is -2.47. The molecule has 0 fully saturated rings. The summed E-state index contributed by atoms with van der Waals surface area (Å²) in [5, 5.41) is 14.1. The van der Waals surface area contributed by atoms with E-state index in [9.17, 15) is 19.2 Å². The quantitative estimate of drug-likeness (QED) is 0.112. The van der Waals surface area contributed by atoms with Crippen LogP contribution in [0.1, 0.15) is 33.6 Å². The van der Waals surface area contributed by atoms with Crippen molar-refractivity contribution >= 4 is 29.8 Å². The zero-order valence-corrected chi connectivity index (χ0v) is 22.1. The highest BCUT2D eigenvalue weighted by Crippen LogP contribution is 2.21. The van der Waals surface area contributed by atoms with Crippen molar-refractivity contribution in [3.8, 4) is 0 Å². The topological polar surface area (TPSA) is 153 Å². The monoisotopic (exact) mass is 537 g/mol. The summed E-state index contributed by atoms with van der Waals surface area (Å²) in [6, 6.07) is 4.23. The summed E-state index contributed by atoms with van der Waals surface area (Å²) in [5.41, 5.74) is 0.900. The molecule has 0 aliphatic carbocycles. The molecule has 12 nitrogen and oxygen atoms in total. The highest BCUT2D eigenvalue weighted by Gasteiger charge is 2.28. The second kappa shape index (κ2) is 19.7. The minimum atomic E-state index is -1.02. The van der Waals surface area contributed by atoms with Gasteiger partial charge >= 0.3 is 5.97 Å². The molecule has 0 aliphatic rings. The van der Waals surface area contributed by atoms with Crippen LogP contribution in [0.25, 0.3) is 0 Å². The van der Waals surface area contributed by atoms with E-state index in [1.807, 2.05) is 0 Å². The molecule has 0 heterocycles. The SMILES string of the molecule is C=CCCC(C(=O)NC)N(C)C(=O)c1cccc(NCCOCCOCCOCCOCC(=O)O)c1C=O. The van der Waals surface area contributed by atoms with Gasteiger partial charge in [-0.15, -0.1) is 6.58 Å². The second-order valence-corrected chi connectivity index (χ2v) is 8.01. The predicted octanol–water partition coefficient (Wildman–Crippen LogP) is 1.21. The van der Waals surface area contributed by atoms with Crippen molar-refractivity contribution in [2.45, 2.75) is 18.9 Å². The molecule has 2 amide bonds. The number of amides is 2. The molecule has 0 saturated carbocycles. The van der Waals surface area contributed by atoms with Gasteiger partial charge in [-0.1, -0.05) is 12.1 Å². The van der Waals surface area contributed by atoms with Crippen LogP contribution in [0.2, 0.25) is 0 Å². The molecule has 0 aromatic heterocycles. The van der Waals surface area contributed by atoms with E-state index in [2.05, 4.69) is 17.2 Å². The number of rotatable bonds is 22. The Bertz CT molecular complexity index is 895. The normalized spacial score (nSPS) is 11.4. The summed E-state index contributed by atoms with van der Waals surface area (Å²) >= 11 is 0. The smallest absolute Gasteiger partial charge is 0.329 e. The maximum atomic E-state index is 13.2. The Kier molecular flexibility index (Phi) is 17.0. The van der Waals surface area contributed by atoms with Crippen molar-refractivity contribution in [2.24, 2.45) is 0 Å². The highest BCUT2D eigenvalue weighted by atomic mass is 16.6. The molecule has 1 aromatic carbocycles. The van der Waals surface area contributed by atoms with Gasteiger partial charge in [-0.3, -0.25) is 14.4 Å². The summed E-state index contributed by atoms with van der Waals surface area (Å²) in [7, 11) is 3.05.